The Kier molecular flexibility index (Phi) is 5.17. The lowest BCUT2D eigenvalue weighted by atomic mass is 10.0. The molecule has 4 N–H and O–H groups in total. The predicted octanol–water partition coefficient (Wildman–Crippen LogP) is 4.45. The average Bonchev–Trinajstić information content (AvgIpc) is 3.46. The van der Waals surface area contributed by atoms with Gasteiger partial charge in [0, 0.05) is 23.6 Å². The lowest BCUT2D eigenvalue weighted by molar-refractivity contribution is 0.543. The number of terminal acetylenes is 1. The largest absolute Gasteiger partial charge is 0.341 e. The lowest BCUT2D eigenvalue weighted by Gasteiger charge is -2.08. The van der Waals surface area contributed by atoms with Crippen molar-refractivity contribution in [1.29, 1.82) is 0 Å². The van der Waals surface area contributed by atoms with E-state index >= 15 is 0 Å². The lowest BCUT2D eigenvalue weighted by Crippen LogP contribution is -2.18. The van der Waals surface area contributed by atoms with Crippen LogP contribution in [0, 0.1) is 36.0 Å². The van der Waals surface area contributed by atoms with Crippen molar-refractivity contribution in [2.45, 2.75) is 43.8 Å². The van der Waals surface area contributed by atoms with E-state index in [1.807, 2.05) is 12.4 Å². The monoisotopic (exact) mass is 472 g/mol. The predicted molar refractivity (Wildman–Crippen MR) is 141 cm³/mol. The van der Waals surface area contributed by atoms with Crippen LogP contribution < -0.4 is 10.6 Å². The summed E-state index contributed by atoms with van der Waals surface area (Å²) in [5.74, 6) is 12.7. The fourth-order valence-electron chi connectivity index (χ4n) is 5.74. The summed E-state index contributed by atoms with van der Waals surface area (Å²) in [5.41, 5.74) is 4.01. The summed E-state index contributed by atoms with van der Waals surface area (Å²) < 4.78 is 0. The normalized spacial score (nSPS) is 26.4. The van der Waals surface area contributed by atoms with Crippen molar-refractivity contribution in [3.63, 3.8) is 0 Å². The molecule has 1 unspecified atom stereocenters. The number of rotatable bonds is 4. The fraction of sp³-hybridized carbons (Fsp3) is 0.333. The molecule has 3 aliphatic rings. The highest BCUT2D eigenvalue weighted by molar-refractivity contribution is 5.88. The summed E-state index contributed by atoms with van der Waals surface area (Å²) in [6, 6.07) is 14.1. The molecule has 6 heteroatoms. The van der Waals surface area contributed by atoms with Crippen molar-refractivity contribution in [3.8, 4) is 35.4 Å². The fourth-order valence-corrected chi connectivity index (χ4v) is 5.74. The van der Waals surface area contributed by atoms with E-state index in [1.54, 1.807) is 0 Å². The Bertz CT molecular complexity index is 1530. The van der Waals surface area contributed by atoms with Gasteiger partial charge in [-0.1, -0.05) is 24.1 Å². The highest BCUT2D eigenvalue weighted by Crippen LogP contribution is 2.45. The molecule has 0 bridgehead atoms. The first-order chi connectivity index (χ1) is 17.7. The first-order valence-electron chi connectivity index (χ1n) is 12.8. The van der Waals surface area contributed by atoms with Crippen molar-refractivity contribution < 1.29 is 0 Å². The minimum absolute atomic E-state index is 0.240. The van der Waals surface area contributed by atoms with Gasteiger partial charge in [0.2, 0.25) is 0 Å². The van der Waals surface area contributed by atoms with E-state index in [2.05, 4.69) is 84.7 Å². The maximum absolute atomic E-state index is 5.48. The summed E-state index contributed by atoms with van der Waals surface area (Å²) in [7, 11) is 0. The Morgan fingerprint density at radius 2 is 1.75 bits per heavy atom. The molecule has 2 aromatic heterocycles. The Morgan fingerprint density at radius 3 is 2.64 bits per heavy atom. The van der Waals surface area contributed by atoms with Crippen LogP contribution >= 0.6 is 0 Å². The van der Waals surface area contributed by atoms with Crippen molar-refractivity contribution in [2.24, 2.45) is 11.8 Å². The maximum atomic E-state index is 5.48. The van der Waals surface area contributed by atoms with Crippen molar-refractivity contribution in [3.05, 3.63) is 71.7 Å². The van der Waals surface area contributed by atoms with Gasteiger partial charge in [0.15, 0.2) is 0 Å². The molecule has 7 rings (SSSR count). The minimum Gasteiger partial charge on any atom is -0.341 e. The number of imidazole rings is 2. The van der Waals surface area contributed by atoms with E-state index < -0.39 is 0 Å². The molecule has 0 amide bonds. The third-order valence-corrected chi connectivity index (χ3v) is 7.85. The molecular weight excluding hydrogens is 444 g/mol. The number of piperidine rings is 1. The summed E-state index contributed by atoms with van der Waals surface area (Å²) in [4.78, 5) is 16.1. The van der Waals surface area contributed by atoms with Crippen LogP contribution in [0.15, 0.2) is 48.8 Å². The molecule has 6 nitrogen and oxygen atoms in total. The summed E-state index contributed by atoms with van der Waals surface area (Å²) in [5, 5.41) is 9.52. The average molecular weight is 473 g/mol. The summed E-state index contributed by atoms with van der Waals surface area (Å²) in [6.07, 6.45) is 13.6. The molecule has 5 atom stereocenters. The molecule has 0 radical (unpaired) electrons. The minimum atomic E-state index is 0.240. The zero-order valence-corrected chi connectivity index (χ0v) is 20.0. The number of H-pyrrole nitrogens is 2. The number of hydrogen-bond donors (Lipinski definition) is 4. The van der Waals surface area contributed by atoms with Crippen molar-refractivity contribution >= 4 is 10.8 Å². The molecule has 0 spiro atoms. The van der Waals surface area contributed by atoms with Gasteiger partial charge in [-0.2, -0.15) is 0 Å². The quantitative estimate of drug-likeness (QED) is 0.331. The molecular formula is C30H28N6. The van der Waals surface area contributed by atoms with Crippen LogP contribution in [0.5, 0.6) is 0 Å². The highest BCUT2D eigenvalue weighted by atomic mass is 15.1. The SMILES string of the molecule is C#CC[C@H]1CN[C@H](c2ncc(-c3ccc4cc(C#Cc5cnc([C@@H]6C[C@H]7CC7N6)[nH]5)ccc4c3)[nH]2)C1. The van der Waals surface area contributed by atoms with Crippen molar-refractivity contribution in [2.75, 3.05) is 6.54 Å². The van der Waals surface area contributed by atoms with Gasteiger partial charge in [0.05, 0.1) is 30.2 Å². The Morgan fingerprint density at radius 1 is 0.889 bits per heavy atom. The topological polar surface area (TPSA) is 81.4 Å². The van der Waals surface area contributed by atoms with E-state index in [0.29, 0.717) is 18.0 Å². The molecule has 4 heterocycles. The molecule has 4 aromatic rings. The van der Waals surface area contributed by atoms with Gasteiger partial charge in [-0.25, -0.2) is 9.97 Å². The molecule has 2 aromatic carbocycles. The number of fused-ring (bicyclic) bond motifs is 2. The first-order valence-corrected chi connectivity index (χ1v) is 12.8. The highest BCUT2D eigenvalue weighted by Gasteiger charge is 2.46. The standard InChI is InChI=1S/C30H28N6/c1-2-3-19-11-26(31-15-19)29-33-17-28(36-29)22-8-7-20-10-18(4-6-21(20)12-22)5-9-24-16-32-30(34-24)27-14-23-13-25(23)35-27/h1,4,6-8,10,12,16-17,19,23,25-27,31,35H,3,11,13-15H2,(H,32,34)(H,33,36)/t19-,23-,25?,26+,27+/m1/s1. The number of nitrogens with zero attached hydrogens (tertiary/aromatic N) is 2. The van der Waals surface area contributed by atoms with Crippen molar-refractivity contribution in [1.82, 2.24) is 30.6 Å². The van der Waals surface area contributed by atoms with E-state index in [0.717, 1.165) is 59.5 Å². The first kappa shape index (κ1) is 21.4. The van der Waals surface area contributed by atoms with Crippen LogP contribution in [0.1, 0.15) is 60.7 Å². The zero-order chi connectivity index (χ0) is 24.1. The van der Waals surface area contributed by atoms with E-state index in [-0.39, 0.29) is 6.04 Å². The number of aromatic nitrogens is 4. The summed E-state index contributed by atoms with van der Waals surface area (Å²) in [6.45, 7) is 0.951. The van der Waals surface area contributed by atoms with Crippen LogP contribution in [0.4, 0.5) is 0 Å². The molecule has 1 aliphatic carbocycles. The van der Waals surface area contributed by atoms with Gasteiger partial charge in [0.25, 0.3) is 0 Å². The van der Waals surface area contributed by atoms with Crippen LogP contribution in [-0.4, -0.2) is 32.5 Å². The van der Waals surface area contributed by atoms with Gasteiger partial charge in [-0.3, -0.25) is 0 Å². The molecule has 36 heavy (non-hydrogen) atoms. The maximum Gasteiger partial charge on any atom is 0.124 e. The van der Waals surface area contributed by atoms with Crippen LogP contribution in [-0.2, 0) is 0 Å². The van der Waals surface area contributed by atoms with Crippen LogP contribution in [0.25, 0.3) is 22.0 Å². The number of benzene rings is 2. The van der Waals surface area contributed by atoms with Crippen LogP contribution in [0.2, 0.25) is 0 Å². The van der Waals surface area contributed by atoms with Gasteiger partial charge in [-0.15, -0.1) is 12.3 Å². The molecule has 3 fully saturated rings. The Balaban J connectivity index is 1.06. The third kappa shape index (κ3) is 4.09. The Hall–Kier alpha value is -3.84. The molecule has 2 saturated heterocycles. The van der Waals surface area contributed by atoms with E-state index in [4.69, 9.17) is 6.42 Å². The smallest absolute Gasteiger partial charge is 0.124 e. The van der Waals surface area contributed by atoms with Gasteiger partial charge in [0.1, 0.15) is 17.3 Å². The summed E-state index contributed by atoms with van der Waals surface area (Å²) >= 11 is 0. The zero-order valence-electron chi connectivity index (χ0n) is 20.0. The molecule has 2 aliphatic heterocycles. The van der Waals surface area contributed by atoms with E-state index in [9.17, 15) is 0 Å². The van der Waals surface area contributed by atoms with Gasteiger partial charge < -0.3 is 20.6 Å². The molecule has 178 valence electrons. The second-order valence-corrected chi connectivity index (χ2v) is 10.4. The third-order valence-electron chi connectivity index (χ3n) is 7.85. The number of aromatic amines is 2. The van der Waals surface area contributed by atoms with E-state index in [1.165, 1.54) is 23.6 Å². The van der Waals surface area contributed by atoms with Gasteiger partial charge in [-0.05, 0) is 72.5 Å². The Labute approximate surface area is 210 Å². The number of hydrogen-bond acceptors (Lipinski definition) is 4. The van der Waals surface area contributed by atoms with Crippen LogP contribution in [0.3, 0.4) is 0 Å². The second-order valence-electron chi connectivity index (χ2n) is 10.4. The molecule has 1 saturated carbocycles. The number of nitrogens with one attached hydrogen (secondary N) is 4. The second kappa shape index (κ2) is 8.68. The van der Waals surface area contributed by atoms with Gasteiger partial charge >= 0.3 is 0 Å².